The maximum Gasteiger partial charge on any atom is 0.276 e. The van der Waals surface area contributed by atoms with E-state index < -0.39 is 15.9 Å². The molecule has 0 unspecified atom stereocenters. The lowest BCUT2D eigenvalue weighted by Gasteiger charge is -2.14. The lowest BCUT2D eigenvalue weighted by Crippen LogP contribution is -2.16. The van der Waals surface area contributed by atoms with Gasteiger partial charge in [-0.2, -0.15) is 5.10 Å². The van der Waals surface area contributed by atoms with E-state index in [9.17, 15) is 13.2 Å². The summed E-state index contributed by atoms with van der Waals surface area (Å²) in [4.78, 5) is 12.3. The van der Waals surface area contributed by atoms with Crippen molar-refractivity contribution >= 4 is 27.3 Å². The summed E-state index contributed by atoms with van der Waals surface area (Å²) in [5.74, 6) is -0.417. The van der Waals surface area contributed by atoms with Gasteiger partial charge in [0.25, 0.3) is 5.91 Å². The summed E-state index contributed by atoms with van der Waals surface area (Å²) in [6.07, 6.45) is 1.05. The van der Waals surface area contributed by atoms with Gasteiger partial charge in [0, 0.05) is 11.1 Å². The molecule has 0 fully saturated rings. The lowest BCUT2D eigenvalue weighted by atomic mass is 9.92. The minimum absolute atomic E-state index is 0.152. The number of nitrogens with zero attached hydrogens (tertiary/aromatic N) is 1. The van der Waals surface area contributed by atoms with Crippen LogP contribution >= 0.6 is 0 Å². The molecule has 2 rings (SSSR count). The molecular weight excluding hydrogens is 316 g/mol. The van der Waals surface area contributed by atoms with Gasteiger partial charge in [0.05, 0.1) is 17.6 Å². The molecule has 1 aromatic carbocycles. The van der Waals surface area contributed by atoms with Crippen LogP contribution in [-0.2, 0) is 15.4 Å². The summed E-state index contributed by atoms with van der Waals surface area (Å²) in [5.41, 5.74) is 1.59. The second kappa shape index (κ2) is 6.04. The molecule has 0 saturated heterocycles. The Hall–Kier alpha value is -2.35. The number of rotatable bonds is 4. The lowest BCUT2D eigenvalue weighted by molar-refractivity contribution is 0.102. The molecule has 0 radical (unpaired) electrons. The molecule has 7 nitrogen and oxygen atoms in total. The number of aromatic amines is 1. The zero-order chi connectivity index (χ0) is 17.3. The van der Waals surface area contributed by atoms with E-state index in [2.05, 4.69) is 20.2 Å². The van der Waals surface area contributed by atoms with Gasteiger partial charge in [-0.25, -0.2) is 8.42 Å². The van der Waals surface area contributed by atoms with E-state index in [4.69, 9.17) is 0 Å². The predicted octanol–water partition coefficient (Wildman–Crippen LogP) is 2.33. The molecule has 0 atom stereocenters. The summed E-state index contributed by atoms with van der Waals surface area (Å²) in [5, 5.41) is 9.52. The quantitative estimate of drug-likeness (QED) is 0.797. The largest absolute Gasteiger partial charge is 0.319 e. The molecule has 0 aliphatic heterocycles. The van der Waals surface area contributed by atoms with Gasteiger partial charge in [-0.15, -0.1) is 0 Å². The highest BCUT2D eigenvalue weighted by Crippen LogP contribution is 2.24. The molecule has 0 aliphatic carbocycles. The number of anilines is 2. The van der Waals surface area contributed by atoms with Crippen LogP contribution in [0.25, 0.3) is 0 Å². The SMILES string of the molecule is CC(C)(C)c1cc(C(=O)Nc2ccccc2NS(C)(=O)=O)n[nH]1. The van der Waals surface area contributed by atoms with Crippen molar-refractivity contribution in [3.8, 4) is 0 Å². The number of carbonyl (C=O) groups is 1. The van der Waals surface area contributed by atoms with Crippen LogP contribution in [-0.4, -0.2) is 30.8 Å². The van der Waals surface area contributed by atoms with Gasteiger partial charge in [0.2, 0.25) is 10.0 Å². The maximum absolute atomic E-state index is 12.3. The van der Waals surface area contributed by atoms with E-state index in [0.29, 0.717) is 11.4 Å². The normalized spacial score (nSPS) is 12.0. The number of para-hydroxylation sites is 2. The molecule has 0 saturated carbocycles. The topological polar surface area (TPSA) is 104 Å². The van der Waals surface area contributed by atoms with E-state index >= 15 is 0 Å². The fourth-order valence-electron chi connectivity index (χ4n) is 1.89. The van der Waals surface area contributed by atoms with Crippen LogP contribution < -0.4 is 10.0 Å². The van der Waals surface area contributed by atoms with E-state index in [0.717, 1.165) is 11.9 Å². The number of sulfonamides is 1. The maximum atomic E-state index is 12.3. The Morgan fingerprint density at radius 2 is 1.78 bits per heavy atom. The monoisotopic (exact) mass is 336 g/mol. The highest BCUT2D eigenvalue weighted by atomic mass is 32.2. The Balaban J connectivity index is 2.23. The van der Waals surface area contributed by atoms with E-state index in [1.807, 2.05) is 20.8 Å². The average Bonchev–Trinajstić information content (AvgIpc) is 2.89. The van der Waals surface area contributed by atoms with Crippen LogP contribution in [0.15, 0.2) is 30.3 Å². The van der Waals surface area contributed by atoms with Gasteiger partial charge >= 0.3 is 0 Å². The van der Waals surface area contributed by atoms with Crippen LogP contribution in [0.5, 0.6) is 0 Å². The first-order chi connectivity index (χ1) is 10.6. The molecule has 0 aliphatic rings. The van der Waals surface area contributed by atoms with E-state index in [1.54, 1.807) is 30.3 Å². The van der Waals surface area contributed by atoms with Gasteiger partial charge in [0.15, 0.2) is 5.69 Å². The Morgan fingerprint density at radius 1 is 1.17 bits per heavy atom. The Morgan fingerprint density at radius 3 is 2.30 bits per heavy atom. The van der Waals surface area contributed by atoms with Gasteiger partial charge < -0.3 is 5.32 Å². The highest BCUT2D eigenvalue weighted by molar-refractivity contribution is 7.92. The highest BCUT2D eigenvalue weighted by Gasteiger charge is 2.20. The molecule has 1 amide bonds. The van der Waals surface area contributed by atoms with Gasteiger partial charge in [-0.05, 0) is 18.2 Å². The van der Waals surface area contributed by atoms with Crippen molar-refractivity contribution in [3.63, 3.8) is 0 Å². The van der Waals surface area contributed by atoms with Crippen LogP contribution in [0.1, 0.15) is 37.0 Å². The van der Waals surface area contributed by atoms with Crippen molar-refractivity contribution in [2.24, 2.45) is 0 Å². The summed E-state index contributed by atoms with van der Waals surface area (Å²) in [6.45, 7) is 6.02. The van der Waals surface area contributed by atoms with Crippen LogP contribution in [0, 0.1) is 0 Å². The van der Waals surface area contributed by atoms with Crippen LogP contribution in [0.3, 0.4) is 0 Å². The predicted molar refractivity (Wildman–Crippen MR) is 90.1 cm³/mol. The number of amides is 1. The van der Waals surface area contributed by atoms with Crippen LogP contribution in [0.4, 0.5) is 11.4 Å². The van der Waals surface area contributed by atoms with Gasteiger partial charge in [0.1, 0.15) is 0 Å². The minimum Gasteiger partial charge on any atom is -0.319 e. The van der Waals surface area contributed by atoms with Crippen molar-refractivity contribution in [2.45, 2.75) is 26.2 Å². The van der Waals surface area contributed by atoms with Crippen molar-refractivity contribution in [2.75, 3.05) is 16.3 Å². The number of hydrogen-bond acceptors (Lipinski definition) is 4. The third kappa shape index (κ3) is 4.56. The summed E-state index contributed by atoms with van der Waals surface area (Å²) in [6, 6.07) is 8.25. The number of carbonyl (C=O) groups excluding carboxylic acids is 1. The fourth-order valence-corrected chi connectivity index (χ4v) is 2.47. The molecule has 0 bridgehead atoms. The third-order valence-corrected chi connectivity index (χ3v) is 3.68. The number of H-pyrrole nitrogens is 1. The molecular formula is C15H20N4O3S. The fraction of sp³-hybridized carbons (Fsp3) is 0.333. The van der Waals surface area contributed by atoms with Crippen molar-refractivity contribution in [1.82, 2.24) is 10.2 Å². The first-order valence-electron chi connectivity index (χ1n) is 7.00. The summed E-state index contributed by atoms with van der Waals surface area (Å²) in [7, 11) is -3.44. The van der Waals surface area contributed by atoms with Crippen molar-refractivity contribution in [3.05, 3.63) is 41.7 Å². The molecule has 2 aromatic rings. The molecule has 3 N–H and O–H groups in total. The molecule has 23 heavy (non-hydrogen) atoms. The molecule has 0 spiro atoms. The Kier molecular flexibility index (Phi) is 4.46. The second-order valence-electron chi connectivity index (χ2n) is 6.29. The minimum atomic E-state index is -3.44. The van der Waals surface area contributed by atoms with Gasteiger partial charge in [-0.1, -0.05) is 32.9 Å². The number of nitrogens with one attached hydrogen (secondary N) is 3. The number of benzene rings is 1. The van der Waals surface area contributed by atoms with E-state index in [1.165, 1.54) is 0 Å². The van der Waals surface area contributed by atoms with E-state index in [-0.39, 0.29) is 11.1 Å². The van der Waals surface area contributed by atoms with Crippen LogP contribution in [0.2, 0.25) is 0 Å². The van der Waals surface area contributed by atoms with Gasteiger partial charge in [-0.3, -0.25) is 14.6 Å². The number of hydrogen-bond donors (Lipinski definition) is 3. The zero-order valence-electron chi connectivity index (χ0n) is 13.5. The zero-order valence-corrected chi connectivity index (χ0v) is 14.3. The van der Waals surface area contributed by atoms with Crippen molar-refractivity contribution < 1.29 is 13.2 Å². The Labute approximate surface area is 135 Å². The first-order valence-corrected chi connectivity index (χ1v) is 8.89. The number of aromatic nitrogens is 2. The molecule has 8 heteroatoms. The smallest absolute Gasteiger partial charge is 0.276 e. The summed E-state index contributed by atoms with van der Waals surface area (Å²) < 4.78 is 25.1. The molecule has 1 heterocycles. The summed E-state index contributed by atoms with van der Waals surface area (Å²) >= 11 is 0. The third-order valence-electron chi connectivity index (χ3n) is 3.09. The first kappa shape index (κ1) is 17.0. The second-order valence-corrected chi connectivity index (χ2v) is 8.04. The Bertz CT molecular complexity index is 819. The van der Waals surface area contributed by atoms with Crippen molar-refractivity contribution in [1.29, 1.82) is 0 Å². The standard InChI is InChI=1S/C15H20N4O3S/c1-15(2,3)13-9-12(17-18-13)14(20)16-10-7-5-6-8-11(10)19-23(4,21)22/h5-9,19H,1-4H3,(H,16,20)(H,17,18). The molecule has 124 valence electrons. The molecule has 1 aromatic heterocycles. The average molecular weight is 336 g/mol.